The summed E-state index contributed by atoms with van der Waals surface area (Å²) in [7, 11) is 0. The average molecular weight is 294 g/mol. The topological polar surface area (TPSA) is 54.7 Å². The fourth-order valence-corrected chi connectivity index (χ4v) is 2.78. The molecule has 2 heterocycles. The first-order valence-electron chi connectivity index (χ1n) is 7.86. The standard InChI is InChI=1S/C16H26N2O3/c1-3-4-5-6-18-13(2)11-15(19)16(20)14(18)12-17-7-9-21-10-8-17/h11,20H,3-10,12H2,1-2H3. The molecule has 0 aromatic carbocycles. The predicted molar refractivity (Wildman–Crippen MR) is 82.7 cm³/mol. The van der Waals surface area contributed by atoms with Gasteiger partial charge in [0.2, 0.25) is 5.43 Å². The molecule has 1 aromatic heterocycles. The molecule has 2 rings (SSSR count). The first-order chi connectivity index (χ1) is 10.1. The first-order valence-corrected chi connectivity index (χ1v) is 7.86. The van der Waals surface area contributed by atoms with Gasteiger partial charge in [-0.25, -0.2) is 0 Å². The van der Waals surface area contributed by atoms with Gasteiger partial charge in [-0.05, 0) is 13.3 Å². The molecule has 0 unspecified atom stereocenters. The van der Waals surface area contributed by atoms with Crippen LogP contribution in [0.5, 0.6) is 5.75 Å². The summed E-state index contributed by atoms with van der Waals surface area (Å²) in [5.41, 5.74) is 1.40. The average Bonchev–Trinajstić information content (AvgIpc) is 2.49. The van der Waals surface area contributed by atoms with Crippen LogP contribution in [0.2, 0.25) is 0 Å². The van der Waals surface area contributed by atoms with E-state index in [9.17, 15) is 9.90 Å². The van der Waals surface area contributed by atoms with Crippen LogP contribution in [0.4, 0.5) is 0 Å². The SMILES string of the molecule is CCCCCn1c(C)cc(=O)c(O)c1CN1CCOCC1. The monoisotopic (exact) mass is 294 g/mol. The molecule has 5 nitrogen and oxygen atoms in total. The van der Waals surface area contributed by atoms with E-state index in [1.54, 1.807) is 0 Å². The molecule has 0 amide bonds. The number of aryl methyl sites for hydroxylation is 1. The molecule has 0 atom stereocenters. The Morgan fingerprint density at radius 2 is 2.00 bits per heavy atom. The van der Waals surface area contributed by atoms with Gasteiger partial charge in [0.15, 0.2) is 5.75 Å². The maximum Gasteiger partial charge on any atom is 0.223 e. The Kier molecular flexibility index (Phi) is 5.82. The lowest BCUT2D eigenvalue weighted by Gasteiger charge is -2.28. The molecule has 0 aliphatic carbocycles. The highest BCUT2D eigenvalue weighted by molar-refractivity contribution is 5.29. The van der Waals surface area contributed by atoms with E-state index in [1.165, 1.54) is 6.07 Å². The van der Waals surface area contributed by atoms with Gasteiger partial charge in [0.1, 0.15) is 0 Å². The van der Waals surface area contributed by atoms with Crippen molar-refractivity contribution in [2.45, 2.75) is 46.2 Å². The molecule has 1 aliphatic heterocycles. The van der Waals surface area contributed by atoms with Gasteiger partial charge < -0.3 is 14.4 Å². The van der Waals surface area contributed by atoms with Crippen molar-refractivity contribution < 1.29 is 9.84 Å². The summed E-state index contributed by atoms with van der Waals surface area (Å²) in [6, 6.07) is 1.53. The van der Waals surface area contributed by atoms with E-state index >= 15 is 0 Å². The largest absolute Gasteiger partial charge is 0.503 e. The lowest BCUT2D eigenvalue weighted by Crippen LogP contribution is -2.37. The molecule has 1 aliphatic rings. The van der Waals surface area contributed by atoms with Crippen molar-refractivity contribution in [3.8, 4) is 5.75 Å². The maximum absolute atomic E-state index is 11.9. The van der Waals surface area contributed by atoms with Crippen molar-refractivity contribution in [2.75, 3.05) is 26.3 Å². The van der Waals surface area contributed by atoms with Crippen LogP contribution in [0.3, 0.4) is 0 Å². The maximum atomic E-state index is 11.9. The van der Waals surface area contributed by atoms with E-state index < -0.39 is 0 Å². The van der Waals surface area contributed by atoms with Gasteiger partial charge in [-0.1, -0.05) is 19.8 Å². The second-order valence-corrected chi connectivity index (χ2v) is 5.69. The number of unbranched alkanes of at least 4 members (excludes halogenated alkanes) is 2. The van der Waals surface area contributed by atoms with Gasteiger partial charge in [-0.3, -0.25) is 9.69 Å². The van der Waals surface area contributed by atoms with Crippen molar-refractivity contribution in [1.29, 1.82) is 0 Å². The van der Waals surface area contributed by atoms with E-state index in [1.807, 2.05) is 6.92 Å². The number of morpholine rings is 1. The van der Waals surface area contributed by atoms with Crippen LogP contribution in [-0.4, -0.2) is 40.9 Å². The Hall–Kier alpha value is -1.33. The summed E-state index contributed by atoms with van der Waals surface area (Å²) < 4.78 is 7.45. The zero-order valence-electron chi connectivity index (χ0n) is 13.1. The normalized spacial score (nSPS) is 16.3. The number of rotatable bonds is 6. The second-order valence-electron chi connectivity index (χ2n) is 5.69. The summed E-state index contributed by atoms with van der Waals surface area (Å²) in [4.78, 5) is 14.1. The Labute approximate surface area is 126 Å². The molecule has 0 bridgehead atoms. The Morgan fingerprint density at radius 3 is 2.67 bits per heavy atom. The van der Waals surface area contributed by atoms with Crippen LogP contribution < -0.4 is 5.43 Å². The summed E-state index contributed by atoms with van der Waals surface area (Å²) >= 11 is 0. The van der Waals surface area contributed by atoms with E-state index in [4.69, 9.17) is 4.74 Å². The molecule has 0 spiro atoms. The minimum atomic E-state index is -0.275. The lowest BCUT2D eigenvalue weighted by molar-refractivity contribution is 0.0326. The van der Waals surface area contributed by atoms with Crippen LogP contribution in [0.15, 0.2) is 10.9 Å². The summed E-state index contributed by atoms with van der Waals surface area (Å²) in [5.74, 6) is -0.0939. The Morgan fingerprint density at radius 1 is 1.29 bits per heavy atom. The molecule has 21 heavy (non-hydrogen) atoms. The van der Waals surface area contributed by atoms with Crippen molar-refractivity contribution >= 4 is 0 Å². The van der Waals surface area contributed by atoms with Crippen molar-refractivity contribution in [1.82, 2.24) is 9.47 Å². The van der Waals surface area contributed by atoms with E-state index in [-0.39, 0.29) is 11.2 Å². The molecule has 0 saturated carbocycles. The smallest absolute Gasteiger partial charge is 0.223 e. The quantitative estimate of drug-likeness (QED) is 0.814. The van der Waals surface area contributed by atoms with Crippen LogP contribution in [0, 0.1) is 6.92 Å². The van der Waals surface area contributed by atoms with Crippen LogP contribution >= 0.6 is 0 Å². The van der Waals surface area contributed by atoms with Crippen molar-refractivity contribution in [3.05, 3.63) is 27.7 Å². The molecule has 1 fully saturated rings. The second kappa shape index (κ2) is 7.61. The van der Waals surface area contributed by atoms with Gasteiger partial charge in [0.25, 0.3) is 0 Å². The molecular formula is C16H26N2O3. The number of ether oxygens (including phenoxy) is 1. The molecule has 1 N–H and O–H groups in total. The van der Waals surface area contributed by atoms with Gasteiger partial charge in [0.05, 0.1) is 18.9 Å². The third kappa shape index (κ3) is 4.08. The molecule has 1 saturated heterocycles. The third-order valence-electron chi connectivity index (χ3n) is 4.06. The molecule has 118 valence electrons. The van der Waals surface area contributed by atoms with Crippen LogP contribution in [0.25, 0.3) is 0 Å². The fraction of sp³-hybridized carbons (Fsp3) is 0.688. The molecule has 5 heteroatoms. The van der Waals surface area contributed by atoms with Crippen LogP contribution in [0.1, 0.15) is 37.6 Å². The minimum Gasteiger partial charge on any atom is -0.503 e. The molecule has 0 radical (unpaired) electrons. The number of aromatic hydroxyl groups is 1. The summed E-state index contributed by atoms with van der Waals surface area (Å²) in [6.07, 6.45) is 3.38. The van der Waals surface area contributed by atoms with Gasteiger partial charge in [0, 0.05) is 37.9 Å². The highest BCUT2D eigenvalue weighted by atomic mass is 16.5. The van der Waals surface area contributed by atoms with Gasteiger partial charge in [-0.15, -0.1) is 0 Å². The fourth-order valence-electron chi connectivity index (χ4n) is 2.78. The number of nitrogens with zero attached hydrogens (tertiary/aromatic N) is 2. The highest BCUT2D eigenvalue weighted by Gasteiger charge is 2.18. The van der Waals surface area contributed by atoms with Crippen molar-refractivity contribution in [2.24, 2.45) is 0 Å². The van der Waals surface area contributed by atoms with E-state index in [0.29, 0.717) is 19.8 Å². The van der Waals surface area contributed by atoms with Crippen molar-refractivity contribution in [3.63, 3.8) is 0 Å². The lowest BCUT2D eigenvalue weighted by atomic mass is 10.2. The molecule has 1 aromatic rings. The number of pyridine rings is 1. The Bertz CT molecular complexity index is 519. The Balaban J connectivity index is 2.24. The van der Waals surface area contributed by atoms with E-state index in [0.717, 1.165) is 50.3 Å². The van der Waals surface area contributed by atoms with Gasteiger partial charge >= 0.3 is 0 Å². The summed E-state index contributed by atoms with van der Waals surface area (Å²) in [5, 5.41) is 10.2. The number of aromatic nitrogens is 1. The van der Waals surface area contributed by atoms with E-state index in [2.05, 4.69) is 16.4 Å². The van der Waals surface area contributed by atoms with Gasteiger partial charge in [-0.2, -0.15) is 0 Å². The summed E-state index contributed by atoms with van der Waals surface area (Å²) in [6.45, 7) is 8.69. The third-order valence-corrected chi connectivity index (χ3v) is 4.06. The zero-order valence-corrected chi connectivity index (χ0v) is 13.1. The first kappa shape index (κ1) is 16.0. The predicted octanol–water partition coefficient (Wildman–Crippen LogP) is 1.88. The highest BCUT2D eigenvalue weighted by Crippen LogP contribution is 2.18. The number of hydrogen-bond donors (Lipinski definition) is 1. The van der Waals surface area contributed by atoms with Crippen LogP contribution in [-0.2, 0) is 17.8 Å². The minimum absolute atomic E-state index is 0.0939. The molecular weight excluding hydrogens is 268 g/mol. The number of hydrogen-bond acceptors (Lipinski definition) is 4. The zero-order chi connectivity index (χ0) is 15.2.